The largest absolute Gasteiger partial charge is 0.483 e. The molecule has 1 heterocycles. The molecule has 1 aliphatic rings. The van der Waals surface area contributed by atoms with Crippen LogP contribution in [0.5, 0.6) is 5.75 Å². The van der Waals surface area contributed by atoms with Gasteiger partial charge in [0.05, 0.1) is 0 Å². The van der Waals surface area contributed by atoms with Crippen molar-refractivity contribution >= 4 is 5.91 Å². The molecule has 2 rings (SSSR count). The van der Waals surface area contributed by atoms with Crippen LogP contribution in [0.2, 0.25) is 0 Å². The molecule has 1 atom stereocenters. The van der Waals surface area contributed by atoms with E-state index < -0.39 is 0 Å². The smallest absolute Gasteiger partial charge is 0.260 e. The van der Waals surface area contributed by atoms with Crippen molar-refractivity contribution in [3.63, 3.8) is 0 Å². The zero-order valence-corrected chi connectivity index (χ0v) is 12.9. The molecule has 0 saturated carbocycles. The predicted octanol–water partition coefficient (Wildman–Crippen LogP) is 1.08. The third-order valence-electron chi connectivity index (χ3n) is 3.82. The van der Waals surface area contributed by atoms with Crippen LogP contribution in [0.1, 0.15) is 18.4 Å². The summed E-state index contributed by atoms with van der Waals surface area (Å²) in [6.45, 7) is 2.24. The molecule has 1 aliphatic heterocycles. The second-order valence-corrected chi connectivity index (χ2v) is 5.75. The number of rotatable bonds is 6. The zero-order valence-electron chi connectivity index (χ0n) is 12.9. The highest BCUT2D eigenvalue weighted by molar-refractivity contribution is 5.78. The predicted molar refractivity (Wildman–Crippen MR) is 83.1 cm³/mol. The summed E-state index contributed by atoms with van der Waals surface area (Å²) in [6.07, 6.45) is 2.15. The first kappa shape index (κ1) is 15.8. The van der Waals surface area contributed by atoms with Crippen LogP contribution in [0.25, 0.3) is 0 Å². The molecule has 0 radical (unpaired) electrons. The van der Waals surface area contributed by atoms with Crippen molar-refractivity contribution in [3.05, 3.63) is 29.8 Å². The van der Waals surface area contributed by atoms with E-state index in [2.05, 4.69) is 4.90 Å². The average Bonchev–Trinajstić information content (AvgIpc) is 2.92. The molecule has 0 spiro atoms. The van der Waals surface area contributed by atoms with E-state index in [4.69, 9.17) is 10.5 Å². The van der Waals surface area contributed by atoms with Gasteiger partial charge in [-0.05, 0) is 33.0 Å². The monoisotopic (exact) mass is 291 g/mol. The third-order valence-corrected chi connectivity index (χ3v) is 3.82. The average molecular weight is 291 g/mol. The van der Waals surface area contributed by atoms with Gasteiger partial charge in [-0.2, -0.15) is 0 Å². The number of nitrogens with two attached hydrogens (primary N) is 1. The van der Waals surface area contributed by atoms with E-state index in [0.29, 0.717) is 18.3 Å². The highest BCUT2D eigenvalue weighted by Gasteiger charge is 2.29. The van der Waals surface area contributed by atoms with Crippen molar-refractivity contribution in [2.24, 2.45) is 5.73 Å². The Labute approximate surface area is 126 Å². The Morgan fingerprint density at radius 1 is 1.43 bits per heavy atom. The molecule has 1 aromatic rings. The van der Waals surface area contributed by atoms with Gasteiger partial charge in [-0.3, -0.25) is 4.79 Å². The van der Waals surface area contributed by atoms with Gasteiger partial charge in [-0.1, -0.05) is 18.2 Å². The van der Waals surface area contributed by atoms with E-state index in [-0.39, 0.29) is 12.5 Å². The Morgan fingerprint density at radius 2 is 2.19 bits per heavy atom. The van der Waals surface area contributed by atoms with E-state index in [9.17, 15) is 4.79 Å². The number of nitrogens with zero attached hydrogens (tertiary/aromatic N) is 2. The number of carbonyl (C=O) groups is 1. The van der Waals surface area contributed by atoms with Gasteiger partial charge < -0.3 is 20.3 Å². The fourth-order valence-corrected chi connectivity index (χ4v) is 2.81. The first-order valence-corrected chi connectivity index (χ1v) is 7.46. The quantitative estimate of drug-likeness (QED) is 0.852. The van der Waals surface area contributed by atoms with E-state index in [1.165, 1.54) is 0 Å². The number of likely N-dealkylation sites (N-methyl/N-ethyl adjacent to an activating group) is 1. The molecule has 5 heteroatoms. The summed E-state index contributed by atoms with van der Waals surface area (Å²) < 4.78 is 5.67. The fraction of sp³-hybridized carbons (Fsp3) is 0.562. The summed E-state index contributed by atoms with van der Waals surface area (Å²) in [5.41, 5.74) is 6.60. The minimum atomic E-state index is 0.0613. The van der Waals surface area contributed by atoms with Crippen LogP contribution in [-0.2, 0) is 11.3 Å². The summed E-state index contributed by atoms with van der Waals surface area (Å²) in [4.78, 5) is 16.4. The highest BCUT2D eigenvalue weighted by Crippen LogP contribution is 2.20. The Morgan fingerprint density at radius 3 is 2.90 bits per heavy atom. The first-order valence-electron chi connectivity index (χ1n) is 7.46. The first-order chi connectivity index (χ1) is 10.1. The second-order valence-electron chi connectivity index (χ2n) is 5.75. The van der Waals surface area contributed by atoms with E-state index in [1.807, 2.05) is 43.3 Å². The minimum Gasteiger partial charge on any atom is -0.483 e. The number of likely N-dealkylation sites (tertiary alicyclic amines) is 1. The second kappa shape index (κ2) is 7.43. The van der Waals surface area contributed by atoms with Crippen LogP contribution in [0.3, 0.4) is 0 Å². The maximum Gasteiger partial charge on any atom is 0.260 e. The topological polar surface area (TPSA) is 58.8 Å². The van der Waals surface area contributed by atoms with Crippen LogP contribution in [0.4, 0.5) is 0 Å². The molecule has 21 heavy (non-hydrogen) atoms. The van der Waals surface area contributed by atoms with Crippen molar-refractivity contribution in [1.29, 1.82) is 0 Å². The van der Waals surface area contributed by atoms with Gasteiger partial charge in [-0.15, -0.1) is 0 Å². The van der Waals surface area contributed by atoms with Gasteiger partial charge in [0.25, 0.3) is 5.91 Å². The Balaban J connectivity index is 1.92. The maximum absolute atomic E-state index is 12.4. The fourth-order valence-electron chi connectivity index (χ4n) is 2.81. The van der Waals surface area contributed by atoms with Gasteiger partial charge >= 0.3 is 0 Å². The number of amides is 1. The molecular formula is C16H25N3O2. The molecular weight excluding hydrogens is 266 g/mol. The molecule has 1 saturated heterocycles. The molecule has 1 fully saturated rings. The van der Waals surface area contributed by atoms with Crippen LogP contribution in [0.15, 0.2) is 24.3 Å². The Hall–Kier alpha value is -1.59. The Kier molecular flexibility index (Phi) is 5.59. The third kappa shape index (κ3) is 4.19. The van der Waals surface area contributed by atoms with E-state index >= 15 is 0 Å². The van der Waals surface area contributed by atoms with Crippen molar-refractivity contribution in [2.45, 2.75) is 25.4 Å². The summed E-state index contributed by atoms with van der Waals surface area (Å²) in [6, 6.07) is 7.90. The molecule has 5 nitrogen and oxygen atoms in total. The van der Waals surface area contributed by atoms with E-state index in [1.54, 1.807) is 0 Å². The van der Waals surface area contributed by atoms with Gasteiger partial charge in [0, 0.05) is 31.2 Å². The number of para-hydroxylation sites is 1. The lowest BCUT2D eigenvalue weighted by Crippen LogP contribution is -2.43. The van der Waals surface area contributed by atoms with Crippen LogP contribution < -0.4 is 10.5 Å². The molecule has 0 aliphatic carbocycles. The number of hydrogen-bond acceptors (Lipinski definition) is 4. The standard InChI is InChI=1S/C16H25N3O2/c1-18(2)11-14-7-5-9-19(14)16(20)12-21-15-8-4-3-6-13(15)10-17/h3-4,6,8,14H,5,7,9-12,17H2,1-2H3. The molecule has 0 aromatic heterocycles. The molecule has 0 bridgehead atoms. The lowest BCUT2D eigenvalue weighted by atomic mass is 10.2. The van der Waals surface area contributed by atoms with Gasteiger partial charge in [-0.25, -0.2) is 0 Å². The molecule has 1 aromatic carbocycles. The van der Waals surface area contributed by atoms with Crippen LogP contribution in [-0.4, -0.2) is 55.5 Å². The van der Waals surface area contributed by atoms with Crippen molar-refractivity contribution < 1.29 is 9.53 Å². The molecule has 1 unspecified atom stereocenters. The SMILES string of the molecule is CN(C)CC1CCCN1C(=O)COc1ccccc1CN. The number of carbonyl (C=O) groups excluding carboxylic acids is 1. The molecule has 116 valence electrons. The maximum atomic E-state index is 12.4. The summed E-state index contributed by atoms with van der Waals surface area (Å²) in [5.74, 6) is 0.767. The molecule has 2 N–H and O–H groups in total. The molecule has 1 amide bonds. The van der Waals surface area contributed by atoms with Gasteiger partial charge in [0.1, 0.15) is 5.75 Å². The minimum absolute atomic E-state index is 0.0613. The van der Waals surface area contributed by atoms with Gasteiger partial charge in [0.15, 0.2) is 6.61 Å². The zero-order chi connectivity index (χ0) is 15.2. The lowest BCUT2D eigenvalue weighted by molar-refractivity contribution is -0.134. The lowest BCUT2D eigenvalue weighted by Gasteiger charge is -2.27. The van der Waals surface area contributed by atoms with Crippen LogP contribution >= 0.6 is 0 Å². The summed E-state index contributed by atoms with van der Waals surface area (Å²) in [5, 5.41) is 0. The number of benzene rings is 1. The summed E-state index contributed by atoms with van der Waals surface area (Å²) in [7, 11) is 4.07. The van der Waals surface area contributed by atoms with E-state index in [0.717, 1.165) is 31.5 Å². The number of ether oxygens (including phenoxy) is 1. The van der Waals surface area contributed by atoms with Crippen LogP contribution in [0, 0.1) is 0 Å². The normalized spacial score (nSPS) is 18.3. The number of hydrogen-bond donors (Lipinski definition) is 1. The van der Waals surface area contributed by atoms with Crippen molar-refractivity contribution in [1.82, 2.24) is 9.80 Å². The van der Waals surface area contributed by atoms with Crippen molar-refractivity contribution in [3.8, 4) is 5.75 Å². The Bertz CT molecular complexity index is 476. The highest BCUT2D eigenvalue weighted by atomic mass is 16.5. The summed E-state index contributed by atoms with van der Waals surface area (Å²) >= 11 is 0. The van der Waals surface area contributed by atoms with Crippen molar-refractivity contribution in [2.75, 3.05) is 33.8 Å². The van der Waals surface area contributed by atoms with Gasteiger partial charge in [0.2, 0.25) is 0 Å².